The number of ketones is 2. The van der Waals surface area contributed by atoms with Crippen molar-refractivity contribution in [2.24, 2.45) is 22.2 Å². The third-order valence-corrected chi connectivity index (χ3v) is 6.41. The van der Waals surface area contributed by atoms with Crippen LogP contribution in [0.4, 0.5) is 0 Å². The number of nitrogens with zero attached hydrogens (tertiary/aromatic N) is 1. The molecule has 0 radical (unpaired) electrons. The number of hydrogen-bond donors (Lipinski definition) is 0. The number of carbonyl (C=O) groups is 2. The fraction of sp³-hybridized carbons (Fsp3) is 0.632. The zero-order valence-corrected chi connectivity index (χ0v) is 13.8. The molecule has 0 bridgehead atoms. The molecule has 0 spiro atoms. The van der Waals surface area contributed by atoms with E-state index in [-0.39, 0.29) is 34.0 Å². The Bertz CT molecular complexity index is 676. The number of hydrogen-bond acceptors (Lipinski definition) is 2. The Morgan fingerprint density at radius 3 is 2.50 bits per heavy atom. The second-order valence-electron chi connectivity index (χ2n) is 8.15. The molecule has 1 saturated carbocycles. The average Bonchev–Trinajstić information content (AvgIpc) is 2.45. The van der Waals surface area contributed by atoms with Crippen LogP contribution in [-0.2, 0) is 9.59 Å². The van der Waals surface area contributed by atoms with Gasteiger partial charge in [0.2, 0.25) is 5.70 Å². The molecule has 3 aliphatic carbocycles. The highest BCUT2D eigenvalue weighted by Gasteiger charge is 2.58. The Morgan fingerprint density at radius 1 is 1.18 bits per heavy atom. The van der Waals surface area contributed by atoms with Crippen molar-refractivity contribution in [3.05, 3.63) is 34.8 Å². The summed E-state index contributed by atoms with van der Waals surface area (Å²) in [4.78, 5) is 28.1. The van der Waals surface area contributed by atoms with Gasteiger partial charge in [-0.3, -0.25) is 4.79 Å². The van der Waals surface area contributed by atoms with E-state index in [9.17, 15) is 9.59 Å². The molecule has 0 saturated heterocycles. The van der Waals surface area contributed by atoms with E-state index >= 15 is 0 Å². The summed E-state index contributed by atoms with van der Waals surface area (Å²) < 4.78 is 0. The molecule has 0 aromatic heterocycles. The Kier molecular flexibility index (Phi) is 3.05. The van der Waals surface area contributed by atoms with Crippen molar-refractivity contribution in [3.63, 3.8) is 0 Å². The summed E-state index contributed by atoms with van der Waals surface area (Å²) in [5, 5.41) is 0. The second-order valence-corrected chi connectivity index (χ2v) is 8.15. The van der Waals surface area contributed by atoms with Crippen molar-refractivity contribution in [1.82, 2.24) is 0 Å². The predicted molar refractivity (Wildman–Crippen MR) is 84.7 cm³/mol. The highest BCUT2D eigenvalue weighted by molar-refractivity contribution is 6.02. The highest BCUT2D eigenvalue weighted by atomic mass is 16.1. The average molecular weight is 297 g/mol. The first-order valence-electron chi connectivity index (χ1n) is 8.06. The molecule has 3 atom stereocenters. The molecule has 0 heterocycles. The Morgan fingerprint density at radius 2 is 1.86 bits per heavy atom. The van der Waals surface area contributed by atoms with Gasteiger partial charge in [0.1, 0.15) is 0 Å². The minimum atomic E-state index is -0.550. The maximum atomic E-state index is 12.6. The van der Waals surface area contributed by atoms with Gasteiger partial charge in [0, 0.05) is 17.3 Å². The Balaban J connectivity index is 2.25. The quantitative estimate of drug-likeness (QED) is 0.631. The van der Waals surface area contributed by atoms with E-state index in [0.29, 0.717) is 6.42 Å². The molecule has 0 unspecified atom stereocenters. The van der Waals surface area contributed by atoms with Gasteiger partial charge in [-0.25, -0.2) is 4.85 Å². The third kappa shape index (κ3) is 1.79. The summed E-state index contributed by atoms with van der Waals surface area (Å²) in [6.45, 7) is 15.7. The van der Waals surface area contributed by atoms with E-state index in [4.69, 9.17) is 6.57 Å². The molecule has 3 nitrogen and oxygen atoms in total. The molecule has 3 rings (SSSR count). The lowest BCUT2D eigenvalue weighted by molar-refractivity contribution is -0.130. The van der Waals surface area contributed by atoms with Gasteiger partial charge >= 0.3 is 0 Å². The van der Waals surface area contributed by atoms with Crippen molar-refractivity contribution in [1.29, 1.82) is 0 Å². The van der Waals surface area contributed by atoms with E-state index in [1.165, 1.54) is 0 Å². The largest absolute Gasteiger partial charge is 0.307 e. The normalized spacial score (nSPS) is 40.0. The van der Waals surface area contributed by atoms with Crippen LogP contribution in [0, 0.1) is 28.7 Å². The van der Waals surface area contributed by atoms with Gasteiger partial charge in [-0.2, -0.15) is 0 Å². The highest BCUT2D eigenvalue weighted by Crippen LogP contribution is 2.64. The van der Waals surface area contributed by atoms with E-state index < -0.39 is 5.41 Å². The van der Waals surface area contributed by atoms with Crippen molar-refractivity contribution < 1.29 is 9.59 Å². The molecular formula is C19H23NO2. The number of allylic oxidation sites excluding steroid dienone is 4. The van der Waals surface area contributed by atoms with Gasteiger partial charge in [0.15, 0.2) is 11.6 Å². The van der Waals surface area contributed by atoms with Crippen LogP contribution in [0.5, 0.6) is 0 Å². The monoisotopic (exact) mass is 297 g/mol. The molecule has 22 heavy (non-hydrogen) atoms. The zero-order chi connectivity index (χ0) is 16.3. The number of carbonyl (C=O) groups excluding carboxylic acids is 2. The van der Waals surface area contributed by atoms with Crippen molar-refractivity contribution in [3.8, 4) is 0 Å². The van der Waals surface area contributed by atoms with Crippen LogP contribution >= 0.6 is 0 Å². The lowest BCUT2D eigenvalue weighted by Gasteiger charge is -2.58. The summed E-state index contributed by atoms with van der Waals surface area (Å²) in [6, 6.07) is 0. The molecule has 116 valence electrons. The summed E-state index contributed by atoms with van der Waals surface area (Å²) >= 11 is 0. The van der Waals surface area contributed by atoms with Crippen LogP contribution in [0.25, 0.3) is 4.85 Å². The van der Waals surface area contributed by atoms with Gasteiger partial charge in [0.25, 0.3) is 0 Å². The molecule has 0 aromatic carbocycles. The van der Waals surface area contributed by atoms with E-state index in [2.05, 4.69) is 18.7 Å². The van der Waals surface area contributed by atoms with Crippen LogP contribution in [0.3, 0.4) is 0 Å². The molecule has 0 amide bonds. The van der Waals surface area contributed by atoms with Crippen molar-refractivity contribution in [2.45, 2.75) is 53.4 Å². The van der Waals surface area contributed by atoms with Crippen LogP contribution in [0.2, 0.25) is 0 Å². The second kappa shape index (κ2) is 4.41. The predicted octanol–water partition coefficient (Wildman–Crippen LogP) is 4.11. The van der Waals surface area contributed by atoms with Gasteiger partial charge < -0.3 is 4.79 Å². The summed E-state index contributed by atoms with van der Waals surface area (Å²) in [5.41, 5.74) is 0.507. The summed E-state index contributed by atoms with van der Waals surface area (Å²) in [6.07, 6.45) is 7.17. The molecule has 3 aliphatic rings. The maximum absolute atomic E-state index is 12.6. The molecule has 1 fully saturated rings. The van der Waals surface area contributed by atoms with Crippen LogP contribution in [-0.4, -0.2) is 11.6 Å². The molecule has 0 aliphatic heterocycles. The van der Waals surface area contributed by atoms with Crippen LogP contribution in [0.1, 0.15) is 53.4 Å². The van der Waals surface area contributed by atoms with Crippen LogP contribution < -0.4 is 0 Å². The number of Topliss-reactive ketones (excluding diaryl/α,β-unsaturated/α-hetero) is 1. The first-order chi connectivity index (χ1) is 10.1. The standard InChI is InChI=1S/C19H23NO2/c1-17(2)14-7-9-18(3)8-6-12(21)10-15(18)19(14,4)11-13(20-5)16(17)22/h10-11,14H,6-9H2,1-4H3/t14-,18+,19-/m0/s1. The molecule has 3 heteroatoms. The van der Waals surface area contributed by atoms with Crippen LogP contribution in [0.15, 0.2) is 23.4 Å². The minimum Gasteiger partial charge on any atom is -0.307 e. The first kappa shape index (κ1) is 15.2. The van der Waals surface area contributed by atoms with Gasteiger partial charge in [0.05, 0.1) is 6.57 Å². The fourth-order valence-corrected chi connectivity index (χ4v) is 5.17. The van der Waals surface area contributed by atoms with Gasteiger partial charge in [-0.05, 0) is 36.7 Å². The SMILES string of the molecule is [C-]#[N+]C1=C[C@]2(C)C3=CC(=O)CC[C@]3(C)CC[C@H]2C(C)(C)C1=O. The fourth-order valence-electron chi connectivity index (χ4n) is 5.17. The van der Waals surface area contributed by atoms with Gasteiger partial charge in [-0.1, -0.05) is 39.3 Å². The Labute approximate surface area is 132 Å². The maximum Gasteiger partial charge on any atom is 0.226 e. The lowest BCUT2D eigenvalue weighted by Crippen LogP contribution is -2.53. The number of rotatable bonds is 0. The number of fused-ring (bicyclic) bond motifs is 3. The van der Waals surface area contributed by atoms with E-state index in [1.807, 2.05) is 26.0 Å². The summed E-state index contributed by atoms with van der Waals surface area (Å²) in [7, 11) is 0. The smallest absolute Gasteiger partial charge is 0.226 e. The van der Waals surface area contributed by atoms with Crippen molar-refractivity contribution in [2.75, 3.05) is 0 Å². The minimum absolute atomic E-state index is 0.0270. The van der Waals surface area contributed by atoms with Gasteiger partial charge in [-0.15, -0.1) is 0 Å². The topological polar surface area (TPSA) is 38.5 Å². The van der Waals surface area contributed by atoms with Crippen molar-refractivity contribution >= 4 is 11.6 Å². The first-order valence-corrected chi connectivity index (χ1v) is 8.06. The third-order valence-electron chi connectivity index (χ3n) is 6.41. The molecular weight excluding hydrogens is 274 g/mol. The summed E-state index contributed by atoms with van der Waals surface area (Å²) in [5.74, 6) is 0.293. The zero-order valence-electron chi connectivity index (χ0n) is 13.8. The lowest BCUT2D eigenvalue weighted by atomic mass is 9.45. The molecule has 0 aromatic rings. The van der Waals surface area contributed by atoms with E-state index in [0.717, 1.165) is 24.8 Å². The van der Waals surface area contributed by atoms with E-state index in [1.54, 1.807) is 0 Å². The Hall–Kier alpha value is -1.69. The molecule has 0 N–H and O–H groups in total.